The second-order valence-electron chi connectivity index (χ2n) is 11.2. The van der Waals surface area contributed by atoms with Gasteiger partial charge in [-0.05, 0) is 67.0 Å². The molecule has 5 rings (SSSR count). The summed E-state index contributed by atoms with van der Waals surface area (Å²) in [6.07, 6.45) is 6.54. The largest absolute Gasteiger partial charge is 0.503 e. The number of carboxylic acid groups (broad SMARTS) is 2. The summed E-state index contributed by atoms with van der Waals surface area (Å²) in [5.74, 6) is 2.42. The lowest BCUT2D eigenvalue weighted by Gasteiger charge is -2.34. The summed E-state index contributed by atoms with van der Waals surface area (Å²) in [7, 11) is 0. The molecular formula is C32H42N2O7. The highest BCUT2D eigenvalue weighted by Gasteiger charge is 2.28. The van der Waals surface area contributed by atoms with Crippen molar-refractivity contribution in [2.75, 3.05) is 26.3 Å². The predicted molar refractivity (Wildman–Crippen MR) is 154 cm³/mol. The third-order valence-corrected chi connectivity index (χ3v) is 8.31. The zero-order valence-electron chi connectivity index (χ0n) is 24.1. The van der Waals surface area contributed by atoms with Gasteiger partial charge < -0.3 is 19.7 Å². The standard InChI is InChI=1S/C31H40N2O4.CH2O3/c1-22-18-25(8-10-28(22)37-17-15-33-30(34)12-13-31(33)35)21-32(20-24-6-4-3-5-7-24)23(2)26-9-11-29-27(19-26)14-16-36-29;2-1(3)4/h8-11,18-19,23-24H,3-7,12-17,20-21H2,1-2H3;(H2,2,3,4). The topological polar surface area (TPSA) is 117 Å². The monoisotopic (exact) mass is 566 g/mol. The second-order valence-corrected chi connectivity index (χ2v) is 11.2. The van der Waals surface area contributed by atoms with E-state index in [2.05, 4.69) is 49.1 Å². The fourth-order valence-corrected chi connectivity index (χ4v) is 6.06. The molecule has 3 aliphatic rings. The van der Waals surface area contributed by atoms with Gasteiger partial charge in [-0.15, -0.1) is 0 Å². The number of rotatable bonds is 10. The summed E-state index contributed by atoms with van der Waals surface area (Å²) >= 11 is 0. The molecule has 2 amide bonds. The molecule has 0 spiro atoms. The number of hydrogen-bond acceptors (Lipinski definition) is 6. The van der Waals surface area contributed by atoms with Gasteiger partial charge in [0.1, 0.15) is 18.1 Å². The van der Waals surface area contributed by atoms with Crippen molar-refractivity contribution in [1.29, 1.82) is 0 Å². The highest BCUT2D eigenvalue weighted by atomic mass is 16.6. The number of aryl methyl sites for hydroxylation is 1. The Morgan fingerprint density at radius 1 is 1.05 bits per heavy atom. The van der Waals surface area contributed by atoms with Gasteiger partial charge in [0.25, 0.3) is 0 Å². The molecule has 0 radical (unpaired) electrons. The van der Waals surface area contributed by atoms with E-state index in [9.17, 15) is 9.59 Å². The van der Waals surface area contributed by atoms with E-state index in [-0.39, 0.29) is 11.8 Å². The van der Waals surface area contributed by atoms with Crippen LogP contribution in [0.25, 0.3) is 0 Å². The number of hydrogen-bond donors (Lipinski definition) is 2. The molecule has 41 heavy (non-hydrogen) atoms. The lowest BCUT2D eigenvalue weighted by Crippen LogP contribution is -2.33. The second kappa shape index (κ2) is 14.3. The third-order valence-electron chi connectivity index (χ3n) is 8.31. The minimum atomic E-state index is -1.83. The van der Waals surface area contributed by atoms with E-state index < -0.39 is 6.16 Å². The average Bonchev–Trinajstić information content (AvgIpc) is 3.55. The number of carbonyl (C=O) groups excluding carboxylic acids is 2. The molecule has 1 saturated heterocycles. The Balaban J connectivity index is 0.000000909. The van der Waals surface area contributed by atoms with E-state index in [4.69, 9.17) is 24.5 Å². The Morgan fingerprint density at radius 3 is 2.44 bits per heavy atom. The quantitative estimate of drug-likeness (QED) is 0.346. The summed E-state index contributed by atoms with van der Waals surface area (Å²) in [5, 5.41) is 13.9. The number of amides is 2. The maximum Gasteiger partial charge on any atom is 0.503 e. The van der Waals surface area contributed by atoms with Gasteiger partial charge in [-0.3, -0.25) is 19.4 Å². The van der Waals surface area contributed by atoms with E-state index >= 15 is 0 Å². The van der Waals surface area contributed by atoms with E-state index in [1.807, 2.05) is 6.07 Å². The van der Waals surface area contributed by atoms with Crippen molar-refractivity contribution >= 4 is 18.0 Å². The predicted octanol–water partition coefficient (Wildman–Crippen LogP) is 5.82. The first-order valence-corrected chi connectivity index (χ1v) is 14.7. The first kappa shape index (κ1) is 30.4. The molecule has 1 aliphatic carbocycles. The maximum atomic E-state index is 11.8. The maximum absolute atomic E-state index is 11.8. The van der Waals surface area contributed by atoms with Crippen LogP contribution in [-0.4, -0.2) is 64.3 Å². The minimum Gasteiger partial charge on any atom is -0.493 e. The molecule has 222 valence electrons. The zero-order valence-corrected chi connectivity index (χ0v) is 24.1. The lowest BCUT2D eigenvalue weighted by atomic mass is 9.88. The van der Waals surface area contributed by atoms with E-state index in [0.29, 0.717) is 32.0 Å². The summed E-state index contributed by atoms with van der Waals surface area (Å²) in [4.78, 5) is 36.2. The molecule has 9 nitrogen and oxygen atoms in total. The summed E-state index contributed by atoms with van der Waals surface area (Å²) in [6.45, 7) is 7.85. The molecule has 2 heterocycles. The molecule has 2 aromatic rings. The molecular weight excluding hydrogens is 524 g/mol. The Morgan fingerprint density at radius 2 is 1.76 bits per heavy atom. The smallest absolute Gasteiger partial charge is 0.493 e. The van der Waals surface area contributed by atoms with Crippen molar-refractivity contribution in [2.24, 2.45) is 5.92 Å². The number of likely N-dealkylation sites (tertiary alicyclic amines) is 1. The fourth-order valence-electron chi connectivity index (χ4n) is 6.06. The van der Waals surface area contributed by atoms with Crippen LogP contribution in [-0.2, 0) is 22.6 Å². The number of fused-ring (bicyclic) bond motifs is 1. The van der Waals surface area contributed by atoms with Gasteiger partial charge >= 0.3 is 6.16 Å². The molecule has 2 aromatic carbocycles. The van der Waals surface area contributed by atoms with Crippen molar-refractivity contribution in [2.45, 2.75) is 77.8 Å². The van der Waals surface area contributed by atoms with Crippen molar-refractivity contribution in [3.8, 4) is 11.5 Å². The number of imide groups is 1. The zero-order chi connectivity index (χ0) is 29.4. The van der Waals surface area contributed by atoms with Gasteiger partial charge in [0.2, 0.25) is 11.8 Å². The van der Waals surface area contributed by atoms with Gasteiger partial charge in [0.05, 0.1) is 13.2 Å². The number of benzene rings is 2. The van der Waals surface area contributed by atoms with Gasteiger partial charge in [-0.25, -0.2) is 4.79 Å². The number of nitrogens with zero attached hydrogens (tertiary/aromatic N) is 2. The van der Waals surface area contributed by atoms with Crippen LogP contribution >= 0.6 is 0 Å². The Labute approximate surface area is 242 Å². The van der Waals surface area contributed by atoms with Crippen LogP contribution in [0.5, 0.6) is 11.5 Å². The molecule has 1 atom stereocenters. The van der Waals surface area contributed by atoms with Gasteiger partial charge in [-0.2, -0.15) is 0 Å². The number of ether oxygens (including phenoxy) is 2. The molecule has 1 saturated carbocycles. The van der Waals surface area contributed by atoms with Crippen LogP contribution in [0, 0.1) is 12.8 Å². The molecule has 2 N–H and O–H groups in total. The Hall–Kier alpha value is -3.59. The highest BCUT2D eigenvalue weighted by Crippen LogP contribution is 2.33. The summed E-state index contributed by atoms with van der Waals surface area (Å²) < 4.78 is 11.7. The van der Waals surface area contributed by atoms with Crippen molar-refractivity contribution in [3.63, 3.8) is 0 Å². The molecule has 2 aliphatic heterocycles. The van der Waals surface area contributed by atoms with Crippen molar-refractivity contribution in [3.05, 3.63) is 58.7 Å². The summed E-state index contributed by atoms with van der Waals surface area (Å²) in [5.41, 5.74) is 5.05. The average molecular weight is 567 g/mol. The molecule has 1 unspecified atom stereocenters. The van der Waals surface area contributed by atoms with Crippen LogP contribution in [0.3, 0.4) is 0 Å². The van der Waals surface area contributed by atoms with E-state index in [0.717, 1.165) is 49.1 Å². The summed E-state index contributed by atoms with van der Waals surface area (Å²) in [6, 6.07) is 13.5. The van der Waals surface area contributed by atoms with Gasteiger partial charge in [0.15, 0.2) is 0 Å². The van der Waals surface area contributed by atoms with Crippen LogP contribution in [0.15, 0.2) is 36.4 Å². The molecule has 2 fully saturated rings. The highest BCUT2D eigenvalue weighted by molar-refractivity contribution is 6.01. The molecule has 0 aromatic heterocycles. The first-order chi connectivity index (χ1) is 19.7. The Bertz CT molecular complexity index is 1200. The van der Waals surface area contributed by atoms with Gasteiger partial charge in [0, 0.05) is 38.4 Å². The van der Waals surface area contributed by atoms with E-state index in [1.165, 1.54) is 53.7 Å². The van der Waals surface area contributed by atoms with Crippen molar-refractivity contribution < 1.29 is 34.1 Å². The first-order valence-electron chi connectivity index (χ1n) is 14.7. The third kappa shape index (κ3) is 8.45. The van der Waals surface area contributed by atoms with Crippen LogP contribution in [0.2, 0.25) is 0 Å². The van der Waals surface area contributed by atoms with Crippen LogP contribution < -0.4 is 9.47 Å². The van der Waals surface area contributed by atoms with Crippen LogP contribution in [0.1, 0.15) is 80.2 Å². The fraction of sp³-hybridized carbons (Fsp3) is 0.531. The van der Waals surface area contributed by atoms with Crippen molar-refractivity contribution in [1.82, 2.24) is 9.80 Å². The Kier molecular flexibility index (Phi) is 10.6. The number of carbonyl (C=O) groups is 3. The normalized spacial score (nSPS) is 17.6. The molecule has 9 heteroatoms. The SMILES string of the molecule is Cc1cc(CN(CC2CCCCC2)C(C)c2ccc3c(c2)CCO3)ccc1OCCN1C(=O)CCC1=O.O=C(O)O. The van der Waals surface area contributed by atoms with E-state index in [1.54, 1.807) is 0 Å². The van der Waals surface area contributed by atoms with Crippen LogP contribution in [0.4, 0.5) is 4.79 Å². The lowest BCUT2D eigenvalue weighted by molar-refractivity contribution is -0.138. The molecule has 0 bridgehead atoms. The van der Waals surface area contributed by atoms with Gasteiger partial charge in [-0.1, -0.05) is 43.5 Å². The minimum absolute atomic E-state index is 0.0938.